The Morgan fingerprint density at radius 1 is 0.935 bits per heavy atom. The number of ether oxygens (including phenoxy) is 1. The average Bonchev–Trinajstić information content (AvgIpc) is 2.84. The van der Waals surface area contributed by atoms with Gasteiger partial charge in [0.15, 0.2) is 0 Å². The first-order valence-electron chi connectivity index (χ1n) is 10.7. The van der Waals surface area contributed by atoms with Gasteiger partial charge in [-0.25, -0.2) is 0 Å². The molecule has 0 aliphatic carbocycles. The maximum absolute atomic E-state index is 12.5. The summed E-state index contributed by atoms with van der Waals surface area (Å²) in [5.74, 6) is 0.762. The van der Waals surface area contributed by atoms with Crippen LogP contribution in [0.5, 0.6) is 5.75 Å². The van der Waals surface area contributed by atoms with E-state index in [-0.39, 0.29) is 5.91 Å². The molecule has 0 bridgehead atoms. The van der Waals surface area contributed by atoms with Gasteiger partial charge in [0.2, 0.25) is 0 Å². The lowest BCUT2D eigenvalue weighted by molar-refractivity contribution is 0.0946. The molecule has 160 valence electrons. The predicted molar refractivity (Wildman–Crippen MR) is 122 cm³/mol. The molecule has 4 rings (SSSR count). The van der Waals surface area contributed by atoms with Crippen LogP contribution in [0.25, 0.3) is 0 Å². The summed E-state index contributed by atoms with van der Waals surface area (Å²) in [5.41, 5.74) is 2.56. The minimum atomic E-state index is -0.151. The van der Waals surface area contributed by atoms with Crippen LogP contribution < -0.4 is 15.0 Å². The van der Waals surface area contributed by atoms with Crippen LogP contribution in [-0.2, 0) is 6.54 Å². The van der Waals surface area contributed by atoms with Crippen molar-refractivity contribution < 1.29 is 9.53 Å². The predicted octanol–water partition coefficient (Wildman–Crippen LogP) is 3.21. The Morgan fingerprint density at radius 2 is 1.65 bits per heavy atom. The number of nitrogens with zero attached hydrogens (tertiary/aromatic N) is 3. The molecule has 1 aliphatic rings. The molecule has 0 unspecified atom stereocenters. The van der Waals surface area contributed by atoms with Gasteiger partial charge in [0.05, 0.1) is 0 Å². The number of pyridine rings is 1. The maximum atomic E-state index is 12.5. The van der Waals surface area contributed by atoms with Crippen LogP contribution in [0.3, 0.4) is 0 Å². The lowest BCUT2D eigenvalue weighted by Gasteiger charge is -2.36. The van der Waals surface area contributed by atoms with Crippen molar-refractivity contribution in [3.63, 3.8) is 0 Å². The topological polar surface area (TPSA) is 57.7 Å². The van der Waals surface area contributed by atoms with Crippen molar-refractivity contribution in [2.24, 2.45) is 0 Å². The molecule has 0 spiro atoms. The maximum Gasteiger partial charge on any atom is 0.270 e. The molecule has 1 amide bonds. The zero-order chi connectivity index (χ0) is 21.3. The molecule has 1 fully saturated rings. The first-order chi connectivity index (χ1) is 15.3. The Labute approximate surface area is 183 Å². The second-order valence-electron chi connectivity index (χ2n) is 7.56. The van der Waals surface area contributed by atoms with Crippen molar-refractivity contribution in [1.82, 2.24) is 15.2 Å². The summed E-state index contributed by atoms with van der Waals surface area (Å²) in [5, 5.41) is 2.95. The van der Waals surface area contributed by atoms with E-state index in [0.29, 0.717) is 18.8 Å². The van der Waals surface area contributed by atoms with E-state index in [1.165, 1.54) is 0 Å². The zero-order valence-electron chi connectivity index (χ0n) is 17.6. The molecule has 6 nitrogen and oxygen atoms in total. The van der Waals surface area contributed by atoms with Gasteiger partial charge in [-0.05, 0) is 29.8 Å². The number of piperazine rings is 1. The molecule has 0 saturated carbocycles. The Kier molecular flexibility index (Phi) is 7.13. The van der Waals surface area contributed by atoms with E-state index in [1.54, 1.807) is 6.20 Å². The molecule has 2 aromatic carbocycles. The smallest absolute Gasteiger partial charge is 0.270 e. The van der Waals surface area contributed by atoms with Gasteiger partial charge in [-0.2, -0.15) is 0 Å². The normalized spacial score (nSPS) is 14.3. The average molecular weight is 417 g/mol. The van der Waals surface area contributed by atoms with E-state index in [0.717, 1.165) is 49.7 Å². The first-order valence-corrected chi connectivity index (χ1v) is 10.7. The lowest BCUT2D eigenvalue weighted by atomic mass is 10.2. The van der Waals surface area contributed by atoms with E-state index in [9.17, 15) is 4.79 Å². The first kappa shape index (κ1) is 20.9. The van der Waals surface area contributed by atoms with Crippen LogP contribution in [0.4, 0.5) is 5.69 Å². The Hall–Kier alpha value is -3.38. The van der Waals surface area contributed by atoms with Crippen LogP contribution in [0.15, 0.2) is 79.0 Å². The largest absolute Gasteiger partial charge is 0.492 e. The van der Waals surface area contributed by atoms with Crippen molar-refractivity contribution >= 4 is 11.6 Å². The minimum Gasteiger partial charge on any atom is -0.492 e. The monoisotopic (exact) mass is 416 g/mol. The summed E-state index contributed by atoms with van der Waals surface area (Å²) in [6, 6.07) is 23.7. The highest BCUT2D eigenvalue weighted by Gasteiger charge is 2.18. The number of hydrogen-bond donors (Lipinski definition) is 1. The number of carbonyl (C=O) groups is 1. The molecule has 0 atom stereocenters. The Morgan fingerprint density at radius 3 is 2.39 bits per heavy atom. The Balaban J connectivity index is 1.24. The number of para-hydroxylation sites is 1. The van der Waals surface area contributed by atoms with Gasteiger partial charge in [-0.3, -0.25) is 14.7 Å². The number of rotatable bonds is 8. The SMILES string of the molecule is O=C(NCc1ccccc1)c1cc(N2CCN(CCOc3ccccc3)CC2)ccn1. The highest BCUT2D eigenvalue weighted by molar-refractivity contribution is 5.93. The molecule has 31 heavy (non-hydrogen) atoms. The van der Waals surface area contributed by atoms with E-state index in [2.05, 4.69) is 20.1 Å². The number of benzene rings is 2. The van der Waals surface area contributed by atoms with Crippen molar-refractivity contribution in [2.75, 3.05) is 44.2 Å². The fraction of sp³-hybridized carbons (Fsp3) is 0.280. The fourth-order valence-electron chi connectivity index (χ4n) is 3.65. The summed E-state index contributed by atoms with van der Waals surface area (Å²) < 4.78 is 5.81. The summed E-state index contributed by atoms with van der Waals surface area (Å²) >= 11 is 0. The molecule has 1 aromatic heterocycles. The number of hydrogen-bond acceptors (Lipinski definition) is 5. The van der Waals surface area contributed by atoms with Crippen LogP contribution in [-0.4, -0.2) is 55.1 Å². The summed E-state index contributed by atoms with van der Waals surface area (Å²) in [6.45, 7) is 5.86. The standard InChI is InChI=1S/C25H28N4O2/c30-25(27-20-21-7-3-1-4-8-21)24-19-22(11-12-26-24)29-15-13-28(14-16-29)17-18-31-23-9-5-2-6-10-23/h1-12,19H,13-18,20H2,(H,27,30). The van der Waals surface area contributed by atoms with Gasteiger partial charge < -0.3 is 15.0 Å². The lowest BCUT2D eigenvalue weighted by Crippen LogP contribution is -2.47. The third-order valence-electron chi connectivity index (χ3n) is 5.43. The summed E-state index contributed by atoms with van der Waals surface area (Å²) in [7, 11) is 0. The Bertz CT molecular complexity index is 958. The van der Waals surface area contributed by atoms with Crippen LogP contribution in [0.2, 0.25) is 0 Å². The molecule has 2 heterocycles. The van der Waals surface area contributed by atoms with Crippen molar-refractivity contribution in [3.8, 4) is 5.75 Å². The van der Waals surface area contributed by atoms with Gasteiger partial charge in [-0.15, -0.1) is 0 Å². The van der Waals surface area contributed by atoms with E-state index < -0.39 is 0 Å². The summed E-state index contributed by atoms with van der Waals surface area (Å²) in [6.07, 6.45) is 1.72. The number of nitrogens with one attached hydrogen (secondary N) is 1. The second kappa shape index (κ2) is 10.6. The molecule has 3 aromatic rings. The van der Waals surface area contributed by atoms with Crippen LogP contribution >= 0.6 is 0 Å². The fourth-order valence-corrected chi connectivity index (χ4v) is 3.65. The quantitative estimate of drug-likeness (QED) is 0.611. The zero-order valence-corrected chi connectivity index (χ0v) is 17.6. The van der Waals surface area contributed by atoms with Crippen LogP contribution in [0.1, 0.15) is 16.1 Å². The van der Waals surface area contributed by atoms with Gasteiger partial charge in [-0.1, -0.05) is 48.5 Å². The number of amides is 1. The molecule has 1 saturated heterocycles. The molecule has 1 aliphatic heterocycles. The number of anilines is 1. The molecular weight excluding hydrogens is 388 g/mol. The van der Waals surface area contributed by atoms with E-state index in [4.69, 9.17) is 4.74 Å². The third-order valence-corrected chi connectivity index (χ3v) is 5.43. The molecular formula is C25H28N4O2. The number of carbonyl (C=O) groups excluding carboxylic acids is 1. The second-order valence-corrected chi connectivity index (χ2v) is 7.56. The molecule has 1 N–H and O–H groups in total. The van der Waals surface area contributed by atoms with Crippen molar-refractivity contribution in [1.29, 1.82) is 0 Å². The van der Waals surface area contributed by atoms with Gasteiger partial charge >= 0.3 is 0 Å². The highest BCUT2D eigenvalue weighted by Crippen LogP contribution is 2.17. The number of aromatic nitrogens is 1. The minimum absolute atomic E-state index is 0.151. The van der Waals surface area contributed by atoms with Crippen molar-refractivity contribution in [3.05, 3.63) is 90.3 Å². The molecule has 0 radical (unpaired) electrons. The molecule has 6 heteroatoms. The van der Waals surface area contributed by atoms with Crippen LogP contribution in [0, 0.1) is 0 Å². The van der Waals surface area contributed by atoms with Gasteiger partial charge in [0, 0.05) is 51.2 Å². The third kappa shape index (κ3) is 6.06. The van der Waals surface area contributed by atoms with E-state index in [1.807, 2.05) is 72.8 Å². The van der Waals surface area contributed by atoms with Gasteiger partial charge in [0.1, 0.15) is 18.1 Å². The van der Waals surface area contributed by atoms with Crippen molar-refractivity contribution in [2.45, 2.75) is 6.54 Å². The summed E-state index contributed by atoms with van der Waals surface area (Å²) in [4.78, 5) is 21.5. The highest BCUT2D eigenvalue weighted by atomic mass is 16.5. The van der Waals surface area contributed by atoms with E-state index >= 15 is 0 Å². The van der Waals surface area contributed by atoms with Gasteiger partial charge in [0.25, 0.3) is 5.91 Å².